The van der Waals surface area contributed by atoms with E-state index in [0.717, 1.165) is 0 Å². The molecule has 0 aliphatic carbocycles. The molecule has 0 saturated carbocycles. The molecule has 0 atom stereocenters. The zero-order valence-electron chi connectivity index (χ0n) is 7.92. The van der Waals surface area contributed by atoms with E-state index in [2.05, 4.69) is 11.7 Å². The van der Waals surface area contributed by atoms with E-state index in [0.29, 0.717) is 0 Å². The van der Waals surface area contributed by atoms with Crippen LogP contribution >= 0.6 is 0 Å². The van der Waals surface area contributed by atoms with Gasteiger partial charge in [-0.15, -0.1) is 0 Å². The lowest BCUT2D eigenvalue weighted by Gasteiger charge is -2.17. The van der Waals surface area contributed by atoms with Gasteiger partial charge in [0.05, 0.1) is 0 Å². The van der Waals surface area contributed by atoms with Crippen molar-refractivity contribution in [1.82, 2.24) is 0 Å². The summed E-state index contributed by atoms with van der Waals surface area (Å²) in [6.45, 7) is 0. The Hall–Kier alpha value is -1.68. The van der Waals surface area contributed by atoms with Crippen LogP contribution in [0.4, 0.5) is 37.7 Å². The lowest BCUT2D eigenvalue weighted by Crippen LogP contribution is -2.22. The van der Waals surface area contributed by atoms with Crippen molar-refractivity contribution >= 4 is 11.4 Å². The summed E-state index contributed by atoms with van der Waals surface area (Å²) in [5, 5.41) is 0. The molecule has 0 saturated heterocycles. The fraction of sp³-hybridized carbons (Fsp3) is 0.143. The van der Waals surface area contributed by atoms with Gasteiger partial charge in [0.15, 0.2) is 17.5 Å². The summed E-state index contributed by atoms with van der Waals surface area (Å²) >= 11 is 0. The van der Waals surface area contributed by atoms with Crippen LogP contribution in [0.25, 0.3) is 0 Å². The molecule has 4 nitrogen and oxygen atoms in total. The summed E-state index contributed by atoms with van der Waals surface area (Å²) in [6.07, 6.45) is -5.32. The van der Waals surface area contributed by atoms with Crippen LogP contribution in [0.15, 0.2) is 0 Å². The van der Waals surface area contributed by atoms with E-state index < -0.39 is 40.6 Å². The number of nitrogens with two attached hydrogens (primary N) is 2. The summed E-state index contributed by atoms with van der Waals surface area (Å²) in [4.78, 5) is 0. The lowest BCUT2D eigenvalue weighted by atomic mass is 10.1. The van der Waals surface area contributed by atoms with Crippen LogP contribution in [0.2, 0.25) is 0 Å². The summed E-state index contributed by atoms with van der Waals surface area (Å²) in [5.41, 5.74) is -2.15. The monoisotopic (exact) mass is 260 g/mol. The molecule has 0 bridgehead atoms. The highest BCUT2D eigenvalue weighted by Crippen LogP contribution is 2.41. The first-order valence-electron chi connectivity index (χ1n) is 3.96. The molecular formula is C7H6F6N4. The Labute approximate surface area is 90.5 Å². The Morgan fingerprint density at radius 3 is 1.59 bits per heavy atom. The van der Waals surface area contributed by atoms with Gasteiger partial charge in [0.25, 0.3) is 0 Å². The average Bonchev–Trinajstić information content (AvgIpc) is 2.22. The van der Waals surface area contributed by atoms with Crippen LogP contribution in [0.3, 0.4) is 0 Å². The van der Waals surface area contributed by atoms with Gasteiger partial charge in [-0.05, 0) is 0 Å². The molecule has 0 unspecified atom stereocenters. The van der Waals surface area contributed by atoms with Crippen molar-refractivity contribution in [2.75, 3.05) is 10.9 Å². The third-order valence-electron chi connectivity index (χ3n) is 1.89. The molecule has 0 fully saturated rings. The quantitative estimate of drug-likeness (QED) is 0.282. The topological polar surface area (TPSA) is 76.1 Å². The summed E-state index contributed by atoms with van der Waals surface area (Å²) in [7, 11) is 0. The molecule has 1 aromatic rings. The predicted octanol–water partition coefficient (Wildman–Crippen LogP) is 1.69. The van der Waals surface area contributed by atoms with Gasteiger partial charge in [0, 0.05) is 0 Å². The van der Waals surface area contributed by atoms with Crippen LogP contribution in [0, 0.1) is 17.5 Å². The Bertz CT molecular complexity index is 443. The molecule has 10 heteroatoms. The van der Waals surface area contributed by atoms with Gasteiger partial charge in [-0.25, -0.2) is 13.2 Å². The van der Waals surface area contributed by atoms with Gasteiger partial charge < -0.3 is 10.9 Å². The number of hydrazine groups is 2. The molecular weight excluding hydrogens is 254 g/mol. The molecule has 1 aromatic carbocycles. The summed E-state index contributed by atoms with van der Waals surface area (Å²) in [5.74, 6) is 3.13. The number of halogens is 6. The van der Waals surface area contributed by atoms with E-state index >= 15 is 0 Å². The highest BCUT2D eigenvalue weighted by atomic mass is 19.4. The number of nitrogen functional groups attached to an aromatic ring is 2. The van der Waals surface area contributed by atoms with Gasteiger partial charge >= 0.3 is 6.18 Å². The molecule has 0 amide bonds. The molecule has 96 valence electrons. The molecule has 1 rings (SSSR count). The summed E-state index contributed by atoms with van der Waals surface area (Å²) in [6, 6.07) is 0. The number of benzene rings is 1. The number of anilines is 2. The standard InChI is InChI=1S/C7H6F6N4/c8-2-1(7(11,12)13)5(16-14)4(10)6(17-15)3(2)9/h16-17H,14-15H2. The second-order valence-electron chi connectivity index (χ2n) is 2.85. The highest BCUT2D eigenvalue weighted by molar-refractivity contribution is 5.64. The first kappa shape index (κ1) is 13.4. The molecule has 0 spiro atoms. The van der Waals surface area contributed by atoms with Crippen molar-refractivity contribution in [2.24, 2.45) is 11.7 Å². The third-order valence-corrected chi connectivity index (χ3v) is 1.89. The predicted molar refractivity (Wildman–Crippen MR) is 46.9 cm³/mol. The van der Waals surface area contributed by atoms with Crippen LogP contribution in [0.5, 0.6) is 0 Å². The first-order chi connectivity index (χ1) is 7.75. The second-order valence-corrected chi connectivity index (χ2v) is 2.85. The zero-order valence-corrected chi connectivity index (χ0v) is 7.92. The Morgan fingerprint density at radius 1 is 0.765 bits per heavy atom. The van der Waals surface area contributed by atoms with Gasteiger partial charge in [-0.1, -0.05) is 0 Å². The fourth-order valence-electron chi connectivity index (χ4n) is 1.19. The van der Waals surface area contributed by atoms with Gasteiger partial charge in [-0.2, -0.15) is 13.2 Å². The molecule has 0 radical (unpaired) electrons. The lowest BCUT2D eigenvalue weighted by molar-refractivity contribution is -0.139. The average molecular weight is 260 g/mol. The van der Waals surface area contributed by atoms with Gasteiger partial charge in [0.2, 0.25) is 0 Å². The number of hydrogen-bond donors (Lipinski definition) is 4. The van der Waals surface area contributed by atoms with E-state index in [-0.39, 0.29) is 0 Å². The minimum Gasteiger partial charge on any atom is -0.321 e. The van der Waals surface area contributed by atoms with Crippen molar-refractivity contribution in [3.05, 3.63) is 23.0 Å². The maximum atomic E-state index is 13.3. The SMILES string of the molecule is NNc1c(F)c(F)c(C(F)(F)F)c(NN)c1F. The van der Waals surface area contributed by atoms with Crippen molar-refractivity contribution in [3.63, 3.8) is 0 Å². The van der Waals surface area contributed by atoms with Gasteiger partial charge in [0.1, 0.15) is 16.9 Å². The van der Waals surface area contributed by atoms with Gasteiger partial charge in [-0.3, -0.25) is 11.7 Å². The number of alkyl halides is 3. The molecule has 0 aromatic heterocycles. The number of nitrogens with one attached hydrogen (secondary N) is 2. The maximum absolute atomic E-state index is 13.3. The summed E-state index contributed by atoms with van der Waals surface area (Å²) < 4.78 is 76.6. The normalized spacial score (nSPS) is 11.5. The van der Waals surface area contributed by atoms with Crippen LogP contribution in [-0.4, -0.2) is 0 Å². The van der Waals surface area contributed by atoms with Crippen LogP contribution in [0.1, 0.15) is 5.56 Å². The minimum absolute atomic E-state index is 1.26. The highest BCUT2D eigenvalue weighted by Gasteiger charge is 2.41. The number of hydrogen-bond acceptors (Lipinski definition) is 4. The Balaban J connectivity index is 3.73. The van der Waals surface area contributed by atoms with Crippen LogP contribution in [-0.2, 0) is 6.18 Å². The third kappa shape index (κ3) is 2.08. The minimum atomic E-state index is -5.32. The Kier molecular flexibility index (Phi) is 3.38. The molecule has 6 N–H and O–H groups in total. The van der Waals surface area contributed by atoms with Crippen LogP contribution < -0.4 is 22.5 Å². The van der Waals surface area contributed by atoms with E-state index in [9.17, 15) is 26.3 Å². The molecule has 0 heterocycles. The zero-order chi connectivity index (χ0) is 13.4. The van der Waals surface area contributed by atoms with E-state index in [1.807, 2.05) is 0 Å². The van der Waals surface area contributed by atoms with Crippen molar-refractivity contribution in [2.45, 2.75) is 6.18 Å². The smallest absolute Gasteiger partial charge is 0.321 e. The Morgan fingerprint density at radius 2 is 1.24 bits per heavy atom. The van der Waals surface area contributed by atoms with Crippen molar-refractivity contribution < 1.29 is 26.3 Å². The molecule has 0 aliphatic heterocycles. The van der Waals surface area contributed by atoms with E-state index in [1.54, 1.807) is 0 Å². The fourth-order valence-corrected chi connectivity index (χ4v) is 1.19. The molecule has 17 heavy (non-hydrogen) atoms. The largest absolute Gasteiger partial charge is 0.421 e. The first-order valence-corrected chi connectivity index (χ1v) is 3.96. The van der Waals surface area contributed by atoms with Crippen molar-refractivity contribution in [3.8, 4) is 0 Å². The van der Waals surface area contributed by atoms with E-state index in [1.165, 1.54) is 10.9 Å². The van der Waals surface area contributed by atoms with Crippen molar-refractivity contribution in [1.29, 1.82) is 0 Å². The second kappa shape index (κ2) is 4.30. The van der Waals surface area contributed by atoms with E-state index in [4.69, 9.17) is 0 Å². The molecule has 0 aliphatic rings. The number of rotatable bonds is 2. The maximum Gasteiger partial charge on any atom is 0.421 e.